The summed E-state index contributed by atoms with van der Waals surface area (Å²) >= 11 is 0. The summed E-state index contributed by atoms with van der Waals surface area (Å²) in [5.74, 6) is 0.825. The molecule has 0 aliphatic rings. The highest BCUT2D eigenvalue weighted by Gasteiger charge is 1.88. The molecule has 0 amide bonds. The summed E-state index contributed by atoms with van der Waals surface area (Å²) in [7, 11) is 1.62. The van der Waals surface area contributed by atoms with Gasteiger partial charge in [0.05, 0.1) is 7.11 Å². The van der Waals surface area contributed by atoms with Gasteiger partial charge in [0, 0.05) is 6.21 Å². The Balaban J connectivity index is 0.000000561. The van der Waals surface area contributed by atoms with Crippen molar-refractivity contribution < 1.29 is 4.74 Å². The maximum atomic E-state index is 6.91. The van der Waals surface area contributed by atoms with Gasteiger partial charge in [0.25, 0.3) is 0 Å². The molecule has 0 radical (unpaired) electrons. The number of hydrogen-bond acceptors (Lipinski definition) is 2. The number of benzene rings is 1. The van der Waals surface area contributed by atoms with Gasteiger partial charge in [-0.1, -0.05) is 13.8 Å². The lowest BCUT2D eigenvalue weighted by Gasteiger charge is -1.97. The second kappa shape index (κ2) is 6.40. The fourth-order valence-corrected chi connectivity index (χ4v) is 0.700. The average molecular weight is 165 g/mol. The van der Waals surface area contributed by atoms with Crippen LogP contribution in [0.25, 0.3) is 0 Å². The van der Waals surface area contributed by atoms with Crippen molar-refractivity contribution in [1.29, 1.82) is 5.41 Å². The highest BCUT2D eigenvalue weighted by atomic mass is 16.5. The zero-order valence-corrected chi connectivity index (χ0v) is 7.79. The zero-order chi connectivity index (χ0) is 9.40. The molecule has 1 N–H and O–H groups in total. The van der Waals surface area contributed by atoms with E-state index in [4.69, 9.17) is 10.1 Å². The minimum atomic E-state index is 0.825. The van der Waals surface area contributed by atoms with Crippen molar-refractivity contribution in [3.63, 3.8) is 0 Å². The molecule has 0 aliphatic carbocycles. The first-order chi connectivity index (χ1) is 5.86. The van der Waals surface area contributed by atoms with Gasteiger partial charge in [-0.25, -0.2) is 0 Å². The maximum Gasteiger partial charge on any atom is 0.118 e. The van der Waals surface area contributed by atoms with Gasteiger partial charge in [0.15, 0.2) is 0 Å². The molecule has 2 nitrogen and oxygen atoms in total. The second-order valence-electron chi connectivity index (χ2n) is 1.92. The third kappa shape index (κ3) is 3.19. The van der Waals surface area contributed by atoms with Crippen LogP contribution in [0.5, 0.6) is 5.75 Å². The largest absolute Gasteiger partial charge is 0.497 e. The summed E-state index contributed by atoms with van der Waals surface area (Å²) in [5.41, 5.74) is 0.890. The first kappa shape index (κ1) is 10.7. The molecule has 1 aromatic rings. The van der Waals surface area contributed by atoms with Gasteiger partial charge in [-0.05, 0) is 29.8 Å². The second-order valence-corrected chi connectivity index (χ2v) is 1.92. The molecule has 2 heteroatoms. The fraction of sp³-hybridized carbons (Fsp3) is 0.300. The molecule has 0 aromatic heterocycles. The maximum absolute atomic E-state index is 6.91. The molecule has 66 valence electrons. The van der Waals surface area contributed by atoms with Gasteiger partial charge < -0.3 is 10.1 Å². The van der Waals surface area contributed by atoms with Gasteiger partial charge in [0.2, 0.25) is 0 Å². The Morgan fingerprint density at radius 1 is 1.17 bits per heavy atom. The van der Waals surface area contributed by atoms with Crippen molar-refractivity contribution in [1.82, 2.24) is 0 Å². The SMILES string of the molecule is CC.COc1ccc(C=N)cc1. The van der Waals surface area contributed by atoms with Crippen molar-refractivity contribution in [3.8, 4) is 5.75 Å². The first-order valence-corrected chi connectivity index (χ1v) is 4.01. The third-order valence-electron chi connectivity index (χ3n) is 1.28. The van der Waals surface area contributed by atoms with Gasteiger partial charge in [0.1, 0.15) is 5.75 Å². The fourth-order valence-electron chi connectivity index (χ4n) is 0.700. The number of hydrogen-bond donors (Lipinski definition) is 1. The molecule has 12 heavy (non-hydrogen) atoms. The van der Waals surface area contributed by atoms with E-state index in [1.165, 1.54) is 6.21 Å². The van der Waals surface area contributed by atoms with Crippen molar-refractivity contribution in [3.05, 3.63) is 29.8 Å². The van der Waals surface area contributed by atoms with Gasteiger partial charge >= 0.3 is 0 Å². The van der Waals surface area contributed by atoms with Crippen molar-refractivity contribution in [2.75, 3.05) is 7.11 Å². The van der Waals surface area contributed by atoms with Crippen LogP contribution in [-0.2, 0) is 0 Å². The van der Waals surface area contributed by atoms with Crippen LogP contribution in [0.4, 0.5) is 0 Å². The van der Waals surface area contributed by atoms with Crippen LogP contribution >= 0.6 is 0 Å². The molecular formula is C10H15NO. The monoisotopic (exact) mass is 165 g/mol. The van der Waals surface area contributed by atoms with Crippen LogP contribution < -0.4 is 4.74 Å². The number of rotatable bonds is 2. The van der Waals surface area contributed by atoms with Crippen molar-refractivity contribution in [2.24, 2.45) is 0 Å². The van der Waals surface area contributed by atoms with E-state index in [-0.39, 0.29) is 0 Å². The average Bonchev–Trinajstić information content (AvgIpc) is 2.21. The van der Waals surface area contributed by atoms with E-state index in [9.17, 15) is 0 Å². The molecule has 0 saturated heterocycles. The predicted octanol–water partition coefficient (Wildman–Crippen LogP) is 2.72. The number of nitrogens with one attached hydrogen (secondary N) is 1. The normalized spacial score (nSPS) is 7.92. The molecule has 1 rings (SSSR count). The van der Waals surface area contributed by atoms with Crippen LogP contribution in [0.3, 0.4) is 0 Å². The van der Waals surface area contributed by atoms with E-state index >= 15 is 0 Å². The van der Waals surface area contributed by atoms with Gasteiger partial charge in [-0.3, -0.25) is 0 Å². The molecule has 0 unspecified atom stereocenters. The van der Waals surface area contributed by atoms with E-state index in [1.807, 2.05) is 38.1 Å². The number of ether oxygens (including phenoxy) is 1. The van der Waals surface area contributed by atoms with Crippen molar-refractivity contribution in [2.45, 2.75) is 13.8 Å². The first-order valence-electron chi connectivity index (χ1n) is 4.01. The zero-order valence-electron chi connectivity index (χ0n) is 7.79. The Bertz CT molecular complexity index is 216. The molecule has 0 fully saturated rings. The predicted molar refractivity (Wildman–Crippen MR) is 52.2 cm³/mol. The Labute approximate surface area is 73.7 Å². The molecule has 0 bridgehead atoms. The smallest absolute Gasteiger partial charge is 0.118 e. The quantitative estimate of drug-likeness (QED) is 0.671. The molecule has 0 heterocycles. The topological polar surface area (TPSA) is 33.1 Å². The minimum absolute atomic E-state index is 0.825. The van der Waals surface area contributed by atoms with Crippen LogP contribution in [0.1, 0.15) is 19.4 Å². The van der Waals surface area contributed by atoms with Crippen LogP contribution in [-0.4, -0.2) is 13.3 Å². The Morgan fingerprint density at radius 3 is 2.00 bits per heavy atom. The summed E-state index contributed by atoms with van der Waals surface area (Å²) in [5, 5.41) is 6.91. The molecule has 1 aromatic carbocycles. The standard InChI is InChI=1S/C8H9NO.C2H6/c1-10-8-4-2-7(6-9)3-5-8;1-2/h2-6,9H,1H3;1-2H3. The van der Waals surface area contributed by atoms with E-state index in [0.29, 0.717) is 0 Å². The minimum Gasteiger partial charge on any atom is -0.497 e. The molecule has 0 saturated carbocycles. The summed E-state index contributed by atoms with van der Waals surface area (Å²) in [6.45, 7) is 4.00. The lowest BCUT2D eigenvalue weighted by molar-refractivity contribution is 0.415. The highest BCUT2D eigenvalue weighted by molar-refractivity contribution is 5.76. The molecule has 0 atom stereocenters. The molecular weight excluding hydrogens is 150 g/mol. The van der Waals surface area contributed by atoms with Crippen LogP contribution in [0.15, 0.2) is 24.3 Å². The Kier molecular flexibility index (Phi) is 5.70. The lowest BCUT2D eigenvalue weighted by atomic mass is 10.2. The van der Waals surface area contributed by atoms with E-state index in [0.717, 1.165) is 11.3 Å². The Hall–Kier alpha value is -1.31. The van der Waals surface area contributed by atoms with Gasteiger partial charge in [-0.2, -0.15) is 0 Å². The summed E-state index contributed by atoms with van der Waals surface area (Å²) < 4.78 is 4.94. The van der Waals surface area contributed by atoms with Crippen LogP contribution in [0.2, 0.25) is 0 Å². The third-order valence-corrected chi connectivity index (χ3v) is 1.28. The van der Waals surface area contributed by atoms with Crippen molar-refractivity contribution >= 4 is 6.21 Å². The highest BCUT2D eigenvalue weighted by Crippen LogP contribution is 2.09. The molecule has 0 spiro atoms. The van der Waals surface area contributed by atoms with Gasteiger partial charge in [-0.15, -0.1) is 0 Å². The van der Waals surface area contributed by atoms with E-state index in [2.05, 4.69) is 0 Å². The summed E-state index contributed by atoms with van der Waals surface area (Å²) in [6.07, 6.45) is 1.30. The van der Waals surface area contributed by atoms with E-state index in [1.54, 1.807) is 7.11 Å². The number of methoxy groups -OCH3 is 1. The summed E-state index contributed by atoms with van der Waals surface area (Å²) in [4.78, 5) is 0. The van der Waals surface area contributed by atoms with E-state index < -0.39 is 0 Å². The summed E-state index contributed by atoms with van der Waals surface area (Å²) in [6, 6.07) is 7.35. The Morgan fingerprint density at radius 2 is 1.67 bits per heavy atom. The van der Waals surface area contributed by atoms with Crippen LogP contribution in [0, 0.1) is 5.41 Å². The molecule has 0 aliphatic heterocycles. The lowest BCUT2D eigenvalue weighted by Crippen LogP contribution is -1.82.